The van der Waals surface area contributed by atoms with Gasteiger partial charge in [0.05, 0.1) is 0 Å². The van der Waals surface area contributed by atoms with Crippen LogP contribution in [0.2, 0.25) is 0 Å². The first-order valence-electron chi connectivity index (χ1n) is 8.15. The highest BCUT2D eigenvalue weighted by Crippen LogP contribution is 2.27. The van der Waals surface area contributed by atoms with Crippen molar-refractivity contribution in [3.8, 4) is 12.0 Å². The van der Waals surface area contributed by atoms with E-state index in [1.807, 2.05) is 49.4 Å². The topological polar surface area (TPSA) is 62.2 Å². The fourth-order valence-corrected chi connectivity index (χ4v) is 2.83. The van der Waals surface area contributed by atoms with Crippen molar-refractivity contribution in [3.05, 3.63) is 77.3 Å². The number of nitriles is 1. The molecular formula is C20H19N3O2. The average Bonchev–Trinajstić information content (AvgIpc) is 3.27. The van der Waals surface area contributed by atoms with Crippen LogP contribution < -0.4 is 0 Å². The Morgan fingerprint density at radius 3 is 2.48 bits per heavy atom. The second-order valence-electron chi connectivity index (χ2n) is 5.72. The Bertz CT molecular complexity index is 903. The molecule has 0 saturated carbocycles. The molecule has 5 nitrogen and oxygen atoms in total. The van der Waals surface area contributed by atoms with Gasteiger partial charge >= 0.3 is 0 Å². The molecule has 0 spiro atoms. The molecule has 0 radical (unpaired) electrons. The van der Waals surface area contributed by atoms with E-state index in [1.165, 1.54) is 0 Å². The van der Waals surface area contributed by atoms with E-state index in [0.29, 0.717) is 30.3 Å². The van der Waals surface area contributed by atoms with Crippen LogP contribution in [0.15, 0.2) is 59.3 Å². The third kappa shape index (κ3) is 3.20. The van der Waals surface area contributed by atoms with Crippen molar-refractivity contribution < 1.29 is 9.21 Å². The number of rotatable bonds is 5. The highest BCUT2D eigenvalue weighted by atomic mass is 16.4. The molecule has 0 fully saturated rings. The van der Waals surface area contributed by atoms with Crippen LogP contribution in [-0.4, -0.2) is 21.9 Å². The maximum atomic E-state index is 13.1. The molecule has 3 rings (SSSR count). The van der Waals surface area contributed by atoms with Gasteiger partial charge in [0, 0.05) is 25.5 Å². The average molecular weight is 333 g/mol. The number of hydrogen-bond donors (Lipinski definition) is 0. The molecule has 0 aliphatic heterocycles. The highest BCUT2D eigenvalue weighted by Gasteiger charge is 2.27. The second kappa shape index (κ2) is 7.10. The molecule has 0 N–H and O–H groups in total. The van der Waals surface area contributed by atoms with Crippen LogP contribution in [0.5, 0.6) is 0 Å². The lowest BCUT2D eigenvalue weighted by Crippen LogP contribution is -2.31. The lowest BCUT2D eigenvalue weighted by molar-refractivity contribution is 0.0750. The molecule has 0 aliphatic rings. The molecule has 0 aliphatic carbocycles. The van der Waals surface area contributed by atoms with Crippen molar-refractivity contribution in [2.45, 2.75) is 20.4 Å². The largest absolute Gasteiger partial charge is 0.443 e. The molecular weight excluding hydrogens is 314 g/mol. The Balaban J connectivity index is 1.97. The molecule has 2 heterocycles. The molecule has 1 aromatic carbocycles. The smallest absolute Gasteiger partial charge is 0.259 e. The van der Waals surface area contributed by atoms with Crippen LogP contribution in [0.3, 0.4) is 0 Å². The van der Waals surface area contributed by atoms with Gasteiger partial charge in [-0.15, -0.1) is 0 Å². The summed E-state index contributed by atoms with van der Waals surface area (Å²) in [6.45, 7) is 4.68. The van der Waals surface area contributed by atoms with Crippen LogP contribution in [0.4, 0.5) is 0 Å². The molecule has 25 heavy (non-hydrogen) atoms. The van der Waals surface area contributed by atoms with E-state index in [0.717, 1.165) is 5.56 Å². The summed E-state index contributed by atoms with van der Waals surface area (Å²) in [5.74, 6) is 0.642. The summed E-state index contributed by atoms with van der Waals surface area (Å²) in [6.07, 6.45) is 3.57. The van der Waals surface area contributed by atoms with Gasteiger partial charge < -0.3 is 9.32 Å². The van der Waals surface area contributed by atoms with E-state index in [4.69, 9.17) is 4.42 Å². The lowest BCUT2D eigenvalue weighted by Gasteiger charge is -2.21. The zero-order valence-electron chi connectivity index (χ0n) is 14.3. The summed E-state index contributed by atoms with van der Waals surface area (Å²) < 4.78 is 7.44. The number of aromatic nitrogens is 1. The van der Waals surface area contributed by atoms with Crippen molar-refractivity contribution in [2.24, 2.45) is 0 Å². The number of amides is 1. The third-order valence-electron chi connectivity index (χ3n) is 4.12. The molecule has 2 aromatic heterocycles. The van der Waals surface area contributed by atoms with Crippen molar-refractivity contribution >= 4 is 5.91 Å². The lowest BCUT2D eigenvalue weighted by atomic mass is 10.1. The molecule has 0 atom stereocenters. The van der Waals surface area contributed by atoms with Gasteiger partial charge in [0.1, 0.15) is 23.0 Å². The fraction of sp³-hybridized carbons (Fsp3) is 0.200. The van der Waals surface area contributed by atoms with E-state index in [2.05, 4.69) is 6.07 Å². The Kier molecular flexibility index (Phi) is 4.71. The molecule has 0 unspecified atom stereocenters. The van der Waals surface area contributed by atoms with Crippen molar-refractivity contribution in [2.75, 3.05) is 6.54 Å². The summed E-state index contributed by atoms with van der Waals surface area (Å²) in [5, 5.41) is 9.61. The minimum absolute atomic E-state index is 0.192. The van der Waals surface area contributed by atoms with Crippen LogP contribution in [0.25, 0.3) is 5.88 Å². The van der Waals surface area contributed by atoms with Crippen molar-refractivity contribution in [1.82, 2.24) is 9.47 Å². The highest BCUT2D eigenvalue weighted by molar-refractivity contribution is 5.98. The van der Waals surface area contributed by atoms with Crippen molar-refractivity contribution in [1.29, 1.82) is 5.26 Å². The first-order valence-corrected chi connectivity index (χ1v) is 8.15. The van der Waals surface area contributed by atoms with E-state index in [1.54, 1.807) is 28.8 Å². The first kappa shape index (κ1) is 16.6. The van der Waals surface area contributed by atoms with Crippen molar-refractivity contribution in [3.63, 3.8) is 0 Å². The Morgan fingerprint density at radius 1 is 1.20 bits per heavy atom. The van der Waals surface area contributed by atoms with Gasteiger partial charge in [0.15, 0.2) is 0 Å². The number of furan rings is 1. The molecule has 0 bridgehead atoms. The Morgan fingerprint density at radius 2 is 1.88 bits per heavy atom. The number of carbonyl (C=O) groups is 1. The van der Waals surface area contributed by atoms with E-state index < -0.39 is 0 Å². The fourth-order valence-electron chi connectivity index (χ4n) is 2.83. The van der Waals surface area contributed by atoms with Gasteiger partial charge in [0.2, 0.25) is 5.88 Å². The summed E-state index contributed by atoms with van der Waals surface area (Å²) >= 11 is 0. The van der Waals surface area contributed by atoms with Gasteiger partial charge in [-0.1, -0.05) is 30.3 Å². The Labute approximate surface area is 146 Å². The molecule has 0 saturated heterocycles. The zero-order valence-corrected chi connectivity index (χ0v) is 14.3. The number of aryl methyl sites for hydroxylation is 1. The monoisotopic (exact) mass is 333 g/mol. The van der Waals surface area contributed by atoms with E-state index >= 15 is 0 Å². The normalized spacial score (nSPS) is 10.4. The van der Waals surface area contributed by atoms with Gasteiger partial charge in [0.25, 0.3) is 5.91 Å². The summed E-state index contributed by atoms with van der Waals surface area (Å²) in [6, 6.07) is 15.6. The van der Waals surface area contributed by atoms with Crippen LogP contribution >= 0.6 is 0 Å². The predicted molar refractivity (Wildman–Crippen MR) is 94.3 cm³/mol. The maximum absolute atomic E-state index is 13.1. The quantitative estimate of drug-likeness (QED) is 0.711. The number of hydrogen-bond acceptors (Lipinski definition) is 3. The Hall–Kier alpha value is -3.26. The molecule has 1 amide bonds. The van der Waals surface area contributed by atoms with E-state index in [9.17, 15) is 10.1 Å². The molecule has 5 heteroatoms. The van der Waals surface area contributed by atoms with Gasteiger partial charge in [-0.3, -0.25) is 9.36 Å². The molecule has 3 aromatic rings. The zero-order chi connectivity index (χ0) is 17.8. The van der Waals surface area contributed by atoms with Crippen LogP contribution in [0, 0.1) is 18.3 Å². The standard InChI is InChI=1S/C20H19N3O2/c1-3-22(14-16-9-5-4-6-10-16)19(24)18-15(2)25-20(17(18)13-21)23-11-7-8-12-23/h4-12H,3,14H2,1-2H3. The summed E-state index contributed by atoms with van der Waals surface area (Å²) in [4.78, 5) is 14.8. The van der Waals surface area contributed by atoms with Gasteiger partial charge in [-0.2, -0.15) is 5.26 Å². The summed E-state index contributed by atoms with van der Waals surface area (Å²) in [5.41, 5.74) is 1.65. The second-order valence-corrected chi connectivity index (χ2v) is 5.72. The summed E-state index contributed by atoms with van der Waals surface area (Å²) in [7, 11) is 0. The third-order valence-corrected chi connectivity index (χ3v) is 4.12. The minimum Gasteiger partial charge on any atom is -0.443 e. The SMILES string of the molecule is CCN(Cc1ccccc1)C(=O)c1c(C)oc(-n2cccc2)c1C#N. The number of carbonyl (C=O) groups excluding carboxylic acids is 1. The minimum atomic E-state index is -0.192. The first-order chi connectivity index (χ1) is 12.2. The van der Waals surface area contributed by atoms with Gasteiger partial charge in [-0.05, 0) is 31.5 Å². The van der Waals surface area contributed by atoms with E-state index in [-0.39, 0.29) is 11.5 Å². The number of benzene rings is 1. The van der Waals surface area contributed by atoms with Crippen LogP contribution in [0.1, 0.15) is 34.2 Å². The maximum Gasteiger partial charge on any atom is 0.259 e. The predicted octanol–water partition coefficient (Wildman–Crippen LogP) is 3.91. The van der Waals surface area contributed by atoms with Gasteiger partial charge in [-0.25, -0.2) is 0 Å². The number of nitrogens with zero attached hydrogens (tertiary/aromatic N) is 3. The molecule has 126 valence electrons. The van der Waals surface area contributed by atoms with Crippen LogP contribution in [-0.2, 0) is 6.54 Å².